The second-order valence-electron chi connectivity index (χ2n) is 4.67. The molecule has 18 heavy (non-hydrogen) atoms. The van der Waals surface area contributed by atoms with Crippen molar-refractivity contribution in [3.8, 4) is 0 Å². The summed E-state index contributed by atoms with van der Waals surface area (Å²) in [5, 5.41) is 6.39. The number of aryl methyl sites for hydroxylation is 1. The van der Waals surface area contributed by atoms with Crippen molar-refractivity contribution in [2.45, 2.75) is 46.2 Å². The Hall–Kier alpha value is -0.940. The Morgan fingerprint density at radius 2 is 2.28 bits per heavy atom. The number of rotatable bonds is 7. The number of methoxy groups -OCH3 is 1. The van der Waals surface area contributed by atoms with Crippen LogP contribution in [0.2, 0.25) is 0 Å². The van der Waals surface area contributed by atoms with E-state index in [2.05, 4.69) is 31.1 Å². The quantitative estimate of drug-likeness (QED) is 0.773. The number of nitrogens with zero attached hydrogens (tertiary/aromatic N) is 1. The van der Waals surface area contributed by atoms with E-state index in [0.717, 1.165) is 23.5 Å². The van der Waals surface area contributed by atoms with Crippen molar-refractivity contribution in [2.75, 3.05) is 7.11 Å². The van der Waals surface area contributed by atoms with Crippen LogP contribution in [0.3, 0.4) is 0 Å². The lowest BCUT2D eigenvalue weighted by Crippen LogP contribution is -2.38. The van der Waals surface area contributed by atoms with Gasteiger partial charge < -0.3 is 4.74 Å². The number of hydrogen-bond donors (Lipinski definition) is 1. The van der Waals surface area contributed by atoms with Crippen molar-refractivity contribution >= 4 is 17.3 Å². The maximum absolute atomic E-state index is 11.6. The molecule has 1 unspecified atom stereocenters. The molecular weight excluding hydrogens is 248 g/mol. The lowest BCUT2D eigenvalue weighted by molar-refractivity contribution is -0.143. The SMILES string of the molecule is CCc1nc(CNC(CC(C)C)C(=O)OC)cs1. The molecule has 0 aliphatic rings. The van der Waals surface area contributed by atoms with Gasteiger partial charge in [-0.25, -0.2) is 4.98 Å². The summed E-state index contributed by atoms with van der Waals surface area (Å²) in [6.07, 6.45) is 1.73. The molecule has 0 saturated carbocycles. The third-order valence-electron chi connectivity index (χ3n) is 2.62. The Bertz CT molecular complexity index is 377. The minimum Gasteiger partial charge on any atom is -0.468 e. The van der Waals surface area contributed by atoms with Gasteiger partial charge in [0.05, 0.1) is 17.8 Å². The number of esters is 1. The van der Waals surface area contributed by atoms with Crippen LogP contribution in [-0.2, 0) is 22.5 Å². The van der Waals surface area contributed by atoms with Gasteiger partial charge in [-0.1, -0.05) is 20.8 Å². The van der Waals surface area contributed by atoms with Crippen LogP contribution in [0, 0.1) is 5.92 Å². The first-order valence-corrected chi connectivity index (χ1v) is 7.19. The van der Waals surface area contributed by atoms with Crippen LogP contribution in [0.1, 0.15) is 37.9 Å². The highest BCUT2D eigenvalue weighted by atomic mass is 32.1. The van der Waals surface area contributed by atoms with E-state index in [4.69, 9.17) is 4.74 Å². The zero-order valence-corrected chi connectivity index (χ0v) is 12.3. The molecule has 0 radical (unpaired) electrons. The van der Waals surface area contributed by atoms with Crippen molar-refractivity contribution in [2.24, 2.45) is 5.92 Å². The summed E-state index contributed by atoms with van der Waals surface area (Å²) >= 11 is 1.66. The predicted molar refractivity (Wildman–Crippen MR) is 73.6 cm³/mol. The monoisotopic (exact) mass is 270 g/mol. The summed E-state index contributed by atoms with van der Waals surface area (Å²) in [6, 6.07) is -0.248. The minimum atomic E-state index is -0.248. The Morgan fingerprint density at radius 3 is 2.78 bits per heavy atom. The fraction of sp³-hybridized carbons (Fsp3) is 0.692. The second kappa shape index (κ2) is 7.48. The molecule has 0 spiro atoms. The van der Waals surface area contributed by atoms with Gasteiger partial charge in [0.2, 0.25) is 0 Å². The zero-order valence-electron chi connectivity index (χ0n) is 11.5. The lowest BCUT2D eigenvalue weighted by atomic mass is 10.0. The second-order valence-corrected chi connectivity index (χ2v) is 5.61. The summed E-state index contributed by atoms with van der Waals surface area (Å²) in [6.45, 7) is 6.89. The number of hydrogen-bond acceptors (Lipinski definition) is 5. The number of nitrogens with one attached hydrogen (secondary N) is 1. The Kier molecular flexibility index (Phi) is 6.29. The number of carbonyl (C=O) groups excluding carboxylic acids is 1. The Labute approximate surface area is 113 Å². The van der Waals surface area contributed by atoms with Crippen LogP contribution < -0.4 is 5.32 Å². The number of carbonyl (C=O) groups is 1. The summed E-state index contributed by atoms with van der Waals surface area (Å²) < 4.78 is 4.81. The molecule has 0 aliphatic heterocycles. The maximum Gasteiger partial charge on any atom is 0.322 e. The summed E-state index contributed by atoms with van der Waals surface area (Å²) in [7, 11) is 1.43. The smallest absolute Gasteiger partial charge is 0.322 e. The molecule has 0 saturated heterocycles. The Morgan fingerprint density at radius 1 is 1.56 bits per heavy atom. The summed E-state index contributed by atoms with van der Waals surface area (Å²) in [5.41, 5.74) is 0.995. The van der Waals surface area contributed by atoms with Gasteiger partial charge in [0.15, 0.2) is 0 Å². The van der Waals surface area contributed by atoms with E-state index < -0.39 is 0 Å². The van der Waals surface area contributed by atoms with Crippen LogP contribution in [0.15, 0.2) is 5.38 Å². The van der Waals surface area contributed by atoms with Crippen LogP contribution in [0.25, 0.3) is 0 Å². The van der Waals surface area contributed by atoms with Crippen molar-refractivity contribution in [1.29, 1.82) is 0 Å². The molecule has 1 aromatic heterocycles. The van der Waals surface area contributed by atoms with Crippen LogP contribution in [0.4, 0.5) is 0 Å². The average molecular weight is 270 g/mol. The molecule has 0 fully saturated rings. The molecule has 0 aromatic carbocycles. The highest BCUT2D eigenvalue weighted by Gasteiger charge is 2.20. The molecule has 5 heteroatoms. The van der Waals surface area contributed by atoms with Gasteiger partial charge in [0, 0.05) is 11.9 Å². The molecule has 102 valence electrons. The minimum absolute atomic E-state index is 0.199. The van der Waals surface area contributed by atoms with Gasteiger partial charge in [0.25, 0.3) is 0 Å². The number of ether oxygens (including phenoxy) is 1. The van der Waals surface area contributed by atoms with E-state index in [0.29, 0.717) is 12.5 Å². The highest BCUT2D eigenvalue weighted by molar-refractivity contribution is 7.09. The molecule has 1 aromatic rings. The van der Waals surface area contributed by atoms with E-state index in [1.807, 2.05) is 5.38 Å². The molecule has 0 aliphatic carbocycles. The highest BCUT2D eigenvalue weighted by Crippen LogP contribution is 2.11. The molecule has 1 rings (SSSR count). The van der Waals surface area contributed by atoms with Gasteiger partial charge in [-0.05, 0) is 18.8 Å². The zero-order chi connectivity index (χ0) is 13.5. The largest absolute Gasteiger partial charge is 0.468 e. The normalized spacial score (nSPS) is 12.7. The van der Waals surface area contributed by atoms with Crippen LogP contribution in [0.5, 0.6) is 0 Å². The van der Waals surface area contributed by atoms with E-state index in [-0.39, 0.29) is 12.0 Å². The first kappa shape index (κ1) is 15.1. The van der Waals surface area contributed by atoms with E-state index in [9.17, 15) is 4.79 Å². The predicted octanol–water partition coefficient (Wildman–Crippen LogP) is 2.38. The summed E-state index contributed by atoms with van der Waals surface area (Å²) in [4.78, 5) is 16.1. The molecule has 1 N–H and O–H groups in total. The molecule has 0 amide bonds. The van der Waals surface area contributed by atoms with Gasteiger partial charge in [0.1, 0.15) is 6.04 Å². The Balaban J connectivity index is 2.52. The number of thiazole rings is 1. The molecule has 1 atom stereocenters. The van der Waals surface area contributed by atoms with Crippen molar-refractivity contribution in [1.82, 2.24) is 10.3 Å². The van der Waals surface area contributed by atoms with Crippen LogP contribution >= 0.6 is 11.3 Å². The first-order chi connectivity index (χ1) is 8.56. The van der Waals surface area contributed by atoms with Crippen molar-refractivity contribution in [3.63, 3.8) is 0 Å². The van der Waals surface area contributed by atoms with E-state index >= 15 is 0 Å². The van der Waals surface area contributed by atoms with Gasteiger partial charge in [-0.15, -0.1) is 11.3 Å². The average Bonchev–Trinajstić information content (AvgIpc) is 2.81. The van der Waals surface area contributed by atoms with E-state index in [1.165, 1.54) is 7.11 Å². The van der Waals surface area contributed by atoms with Crippen molar-refractivity contribution < 1.29 is 9.53 Å². The third kappa shape index (κ3) is 4.74. The van der Waals surface area contributed by atoms with Crippen molar-refractivity contribution in [3.05, 3.63) is 16.1 Å². The molecule has 0 bridgehead atoms. The number of aromatic nitrogens is 1. The van der Waals surface area contributed by atoms with E-state index in [1.54, 1.807) is 11.3 Å². The third-order valence-corrected chi connectivity index (χ3v) is 3.67. The fourth-order valence-corrected chi connectivity index (χ4v) is 2.44. The van der Waals surface area contributed by atoms with Gasteiger partial charge in [-0.3, -0.25) is 10.1 Å². The topological polar surface area (TPSA) is 51.2 Å². The lowest BCUT2D eigenvalue weighted by Gasteiger charge is -2.17. The summed E-state index contributed by atoms with van der Waals surface area (Å²) in [5.74, 6) is 0.248. The van der Waals surface area contributed by atoms with Gasteiger partial charge in [-0.2, -0.15) is 0 Å². The first-order valence-electron chi connectivity index (χ1n) is 6.31. The maximum atomic E-state index is 11.6. The molecule has 4 nitrogen and oxygen atoms in total. The molecular formula is C13H22N2O2S. The van der Waals surface area contributed by atoms with Gasteiger partial charge >= 0.3 is 5.97 Å². The fourth-order valence-electron chi connectivity index (χ4n) is 1.70. The standard InChI is InChI=1S/C13H22N2O2S/c1-5-12-15-10(8-18-12)7-14-11(6-9(2)3)13(16)17-4/h8-9,11,14H,5-7H2,1-4H3. The molecule has 1 heterocycles. The van der Waals surface area contributed by atoms with Crippen LogP contribution in [-0.4, -0.2) is 24.1 Å².